The van der Waals surface area contributed by atoms with Crippen LogP contribution in [0, 0.1) is 18.3 Å². The Labute approximate surface area is 260 Å². The molecule has 5 rings (SSSR count). The van der Waals surface area contributed by atoms with Crippen LogP contribution in [0.3, 0.4) is 0 Å². The predicted octanol–water partition coefficient (Wildman–Crippen LogP) is 7.52. The van der Waals surface area contributed by atoms with Gasteiger partial charge >= 0.3 is 12.4 Å². The average Bonchev–Trinajstić information content (AvgIpc) is 3.64. The molecule has 2 aromatic heterocycles. The van der Waals surface area contributed by atoms with E-state index in [-0.39, 0.29) is 11.7 Å². The molecule has 0 saturated carbocycles. The number of aryl methyl sites for hydroxylation is 1. The quantitative estimate of drug-likeness (QED) is 0.173. The van der Waals surface area contributed by atoms with Crippen LogP contribution in [0.15, 0.2) is 94.5 Å². The third kappa shape index (κ3) is 7.42. The van der Waals surface area contributed by atoms with E-state index in [9.17, 15) is 23.2 Å². The van der Waals surface area contributed by atoms with Gasteiger partial charge in [-0.3, -0.25) is 4.57 Å². The van der Waals surface area contributed by atoms with Crippen molar-refractivity contribution in [2.24, 2.45) is 9.98 Å². The van der Waals surface area contributed by atoms with Crippen LogP contribution in [-0.4, -0.2) is 37.9 Å². The summed E-state index contributed by atoms with van der Waals surface area (Å²) in [6.07, 6.45) is -2.07. The summed E-state index contributed by atoms with van der Waals surface area (Å²) in [5.74, 6) is -0.510. The molecule has 0 fully saturated rings. The highest BCUT2D eigenvalue weighted by Gasteiger charge is 2.31. The summed E-state index contributed by atoms with van der Waals surface area (Å²) in [5.41, 5.74) is 4.75. The van der Waals surface area contributed by atoms with E-state index < -0.39 is 18.3 Å². The number of nitrogens with zero attached hydrogens (tertiary/aromatic N) is 7. The molecule has 0 aliphatic carbocycles. The van der Waals surface area contributed by atoms with Crippen molar-refractivity contribution in [1.29, 1.82) is 5.26 Å². The van der Waals surface area contributed by atoms with Crippen molar-refractivity contribution in [3.8, 4) is 34.6 Å². The molecule has 13 heteroatoms. The molecule has 1 unspecified atom stereocenters. The molecule has 5 aromatic rings. The summed E-state index contributed by atoms with van der Waals surface area (Å²) in [6.45, 7) is 6.16. The monoisotopic (exact) mass is 629 g/mol. The number of hydrogen-bond donors (Lipinski definition) is 0. The number of urea groups is 1. The Balaban J connectivity index is 1.30. The molecule has 0 aliphatic rings. The van der Waals surface area contributed by atoms with Gasteiger partial charge in [-0.05, 0) is 54.3 Å². The number of halogens is 3. The molecule has 228 valence electrons. The molecular weight excluding hydrogens is 603 g/mol. The number of carbonyl (C=O) groups is 1. The van der Waals surface area contributed by atoms with Crippen molar-refractivity contribution in [3.63, 3.8) is 0 Å². The second-order valence-electron chi connectivity index (χ2n) is 10.2. The van der Waals surface area contributed by atoms with Crippen molar-refractivity contribution < 1.29 is 22.7 Å². The van der Waals surface area contributed by atoms with Crippen LogP contribution in [0.1, 0.15) is 42.5 Å². The molecule has 0 radical (unpaired) electrons. The van der Waals surface area contributed by atoms with Crippen LogP contribution in [-0.2, 0) is 0 Å². The molecule has 2 amide bonds. The predicted molar refractivity (Wildman–Crippen MR) is 164 cm³/mol. The summed E-state index contributed by atoms with van der Waals surface area (Å²) in [5, 5.41) is 16.1. The summed E-state index contributed by atoms with van der Waals surface area (Å²) < 4.78 is 44.5. The Bertz CT molecular complexity index is 1950. The number of rotatable bonds is 7. The lowest BCUT2D eigenvalue weighted by Gasteiger charge is -2.14. The fraction of sp³-hybridized carbons (Fsp3) is 0.188. The van der Waals surface area contributed by atoms with E-state index in [4.69, 9.17) is 0 Å². The fourth-order valence-corrected chi connectivity index (χ4v) is 5.41. The van der Waals surface area contributed by atoms with Crippen LogP contribution in [0.25, 0.3) is 22.8 Å². The number of aliphatic imine (C=N–C) groups is 1. The van der Waals surface area contributed by atoms with Gasteiger partial charge in [-0.2, -0.15) is 10.3 Å². The number of hydrogen-bond acceptors (Lipinski definition) is 6. The van der Waals surface area contributed by atoms with Gasteiger partial charge in [-0.25, -0.2) is 19.5 Å². The summed E-state index contributed by atoms with van der Waals surface area (Å²) in [6, 6.07) is 21.5. The molecule has 0 bridgehead atoms. The largest absolute Gasteiger partial charge is 0.573 e. The maximum absolute atomic E-state index is 12.8. The number of para-hydroxylation sites is 1. The second kappa shape index (κ2) is 13.1. The summed E-state index contributed by atoms with van der Waals surface area (Å²) >= 11 is 1.33. The molecule has 45 heavy (non-hydrogen) atoms. The van der Waals surface area contributed by atoms with Crippen molar-refractivity contribution >= 4 is 23.6 Å². The Morgan fingerprint density at radius 3 is 2.44 bits per heavy atom. The van der Waals surface area contributed by atoms with Gasteiger partial charge < -0.3 is 4.74 Å². The van der Waals surface area contributed by atoms with Crippen molar-refractivity contribution in [3.05, 3.63) is 106 Å². The molecule has 0 saturated heterocycles. The van der Waals surface area contributed by atoms with Crippen molar-refractivity contribution in [2.75, 3.05) is 0 Å². The first kappa shape index (κ1) is 31.1. The van der Waals surface area contributed by atoms with Gasteiger partial charge in [-0.1, -0.05) is 56.3 Å². The number of nitriles is 1. The second-order valence-corrected chi connectivity index (χ2v) is 11.0. The third-order valence-electron chi connectivity index (χ3n) is 6.70. The summed E-state index contributed by atoms with van der Waals surface area (Å²) in [7, 11) is 0. The first-order chi connectivity index (χ1) is 21.5. The van der Waals surface area contributed by atoms with Gasteiger partial charge in [0, 0.05) is 22.9 Å². The van der Waals surface area contributed by atoms with Gasteiger partial charge in [0.1, 0.15) is 18.0 Å². The average molecular weight is 630 g/mol. The maximum Gasteiger partial charge on any atom is 0.573 e. The number of amides is 2. The SMILES string of the molecule is Cc1csc(=NC(=O)N=CC(C#N)c2ccc(-c3ncn(-c4ccc(OC(F)(F)F)cc4)n3)cc2)n1-c1ccccc1C(C)C. The van der Waals surface area contributed by atoms with Gasteiger partial charge in [0.2, 0.25) is 0 Å². The normalized spacial score (nSPS) is 12.9. The molecule has 1 atom stereocenters. The number of aromatic nitrogens is 4. The zero-order chi connectivity index (χ0) is 32.1. The van der Waals surface area contributed by atoms with E-state index in [1.54, 1.807) is 24.3 Å². The lowest BCUT2D eigenvalue weighted by molar-refractivity contribution is -0.274. The van der Waals surface area contributed by atoms with Gasteiger partial charge in [0.25, 0.3) is 0 Å². The molecular formula is C32H26F3N7O2S. The Kier molecular flexibility index (Phi) is 9.06. The first-order valence-electron chi connectivity index (χ1n) is 13.7. The Morgan fingerprint density at radius 2 is 1.78 bits per heavy atom. The summed E-state index contributed by atoms with van der Waals surface area (Å²) in [4.78, 5) is 25.7. The Morgan fingerprint density at radius 1 is 1.07 bits per heavy atom. The molecule has 3 aromatic carbocycles. The standard InChI is InChI=1S/C32H26F3N7O2S/c1-20(2)27-6-4-5-7-28(27)42-21(3)18-45-31(42)39-30(43)37-17-24(16-36)22-8-10-23(11-9-22)29-38-19-41(40-29)25-12-14-26(15-13-25)44-32(33,34)35/h4-15,17-20,24H,1-3H3. The number of ether oxygens (including phenoxy) is 1. The van der Waals surface area contributed by atoms with E-state index >= 15 is 0 Å². The van der Waals surface area contributed by atoms with Gasteiger partial charge in [0.15, 0.2) is 10.6 Å². The molecule has 0 aliphatic heterocycles. The molecule has 0 N–H and O–H groups in total. The fourth-order valence-electron chi connectivity index (χ4n) is 4.55. The van der Waals surface area contributed by atoms with Crippen molar-refractivity contribution in [1.82, 2.24) is 19.3 Å². The van der Waals surface area contributed by atoms with E-state index in [1.165, 1.54) is 52.8 Å². The maximum atomic E-state index is 12.8. The lowest BCUT2D eigenvalue weighted by Crippen LogP contribution is -2.17. The number of alkyl halides is 3. The molecule has 9 nitrogen and oxygen atoms in total. The van der Waals surface area contributed by atoms with Crippen LogP contribution in [0.2, 0.25) is 0 Å². The number of thiazole rings is 1. The minimum absolute atomic E-state index is 0.270. The third-order valence-corrected chi connectivity index (χ3v) is 7.64. The zero-order valence-corrected chi connectivity index (χ0v) is 25.1. The molecule has 2 heterocycles. The van der Waals surface area contributed by atoms with E-state index in [2.05, 4.69) is 50.8 Å². The van der Waals surface area contributed by atoms with E-state index in [0.29, 0.717) is 27.4 Å². The van der Waals surface area contributed by atoms with Gasteiger partial charge in [-0.15, -0.1) is 29.6 Å². The highest BCUT2D eigenvalue weighted by atomic mass is 32.1. The zero-order valence-electron chi connectivity index (χ0n) is 24.3. The number of benzene rings is 3. The van der Waals surface area contributed by atoms with E-state index in [1.807, 2.05) is 35.1 Å². The topological polar surface area (TPSA) is 110 Å². The highest BCUT2D eigenvalue weighted by Crippen LogP contribution is 2.25. The smallest absolute Gasteiger partial charge is 0.406 e. The highest BCUT2D eigenvalue weighted by molar-refractivity contribution is 7.07. The number of carbonyl (C=O) groups excluding carboxylic acids is 1. The van der Waals surface area contributed by atoms with E-state index in [0.717, 1.165) is 16.9 Å². The lowest BCUT2D eigenvalue weighted by atomic mass is 10.0. The minimum atomic E-state index is -4.78. The minimum Gasteiger partial charge on any atom is -0.406 e. The van der Waals surface area contributed by atoms with Crippen LogP contribution >= 0.6 is 11.3 Å². The van der Waals surface area contributed by atoms with Crippen LogP contribution in [0.5, 0.6) is 5.75 Å². The van der Waals surface area contributed by atoms with Crippen LogP contribution in [0.4, 0.5) is 18.0 Å². The van der Waals surface area contributed by atoms with Gasteiger partial charge in [0.05, 0.1) is 17.4 Å². The Hall–Kier alpha value is -5.35. The molecule has 0 spiro atoms. The first-order valence-corrected chi connectivity index (χ1v) is 14.6. The van der Waals surface area contributed by atoms with Crippen molar-refractivity contribution in [2.45, 2.75) is 39.0 Å². The van der Waals surface area contributed by atoms with Crippen LogP contribution < -0.4 is 9.54 Å².